The van der Waals surface area contributed by atoms with Crippen LogP contribution in [0.1, 0.15) is 19.4 Å². The summed E-state index contributed by atoms with van der Waals surface area (Å²) in [4.78, 5) is 11.4. The highest BCUT2D eigenvalue weighted by Gasteiger charge is 1.98. The van der Waals surface area contributed by atoms with Crippen LogP contribution in [0.15, 0.2) is 42.5 Å². The third-order valence-corrected chi connectivity index (χ3v) is 2.74. The first-order chi connectivity index (χ1) is 7.18. The van der Waals surface area contributed by atoms with Gasteiger partial charge in [-0.05, 0) is 17.6 Å². The zero-order chi connectivity index (χ0) is 11.1. The molecule has 0 aromatic heterocycles. The molecule has 0 heterocycles. The molecule has 0 aliphatic heterocycles. The Morgan fingerprint density at radius 3 is 2.60 bits per heavy atom. The lowest BCUT2D eigenvalue weighted by Gasteiger charge is -1.98. The van der Waals surface area contributed by atoms with Crippen LogP contribution in [0, 0.1) is 5.92 Å². The molecule has 1 aromatic carbocycles. The molecule has 0 spiro atoms. The summed E-state index contributed by atoms with van der Waals surface area (Å²) in [6.45, 7) is 4.12. The van der Waals surface area contributed by atoms with E-state index >= 15 is 0 Å². The van der Waals surface area contributed by atoms with E-state index in [1.54, 1.807) is 6.08 Å². The van der Waals surface area contributed by atoms with Gasteiger partial charge in [0.05, 0.1) is 0 Å². The van der Waals surface area contributed by atoms with E-state index in [4.69, 9.17) is 0 Å². The van der Waals surface area contributed by atoms with E-state index in [9.17, 15) is 4.79 Å². The van der Waals surface area contributed by atoms with Gasteiger partial charge in [-0.3, -0.25) is 4.79 Å². The minimum Gasteiger partial charge on any atom is -0.282 e. The van der Waals surface area contributed by atoms with E-state index in [1.807, 2.05) is 36.4 Å². The molecule has 0 aliphatic rings. The molecule has 0 unspecified atom stereocenters. The van der Waals surface area contributed by atoms with Crippen molar-refractivity contribution in [2.75, 3.05) is 0 Å². The van der Waals surface area contributed by atoms with Gasteiger partial charge in [0.25, 0.3) is 0 Å². The second kappa shape index (κ2) is 6.46. The first kappa shape index (κ1) is 12.1. The lowest BCUT2D eigenvalue weighted by atomic mass is 10.2. The van der Waals surface area contributed by atoms with Gasteiger partial charge in [0.1, 0.15) is 0 Å². The average Bonchev–Trinajstić information content (AvgIpc) is 2.25. The molecule has 0 amide bonds. The van der Waals surface area contributed by atoms with Crippen molar-refractivity contribution < 1.29 is 4.79 Å². The van der Waals surface area contributed by atoms with Gasteiger partial charge in [-0.1, -0.05) is 62.0 Å². The molecule has 0 aliphatic carbocycles. The van der Waals surface area contributed by atoms with Crippen molar-refractivity contribution in [2.45, 2.75) is 19.6 Å². The molecule has 1 aromatic rings. The van der Waals surface area contributed by atoms with Crippen LogP contribution < -0.4 is 0 Å². The lowest BCUT2D eigenvalue weighted by Crippen LogP contribution is -1.89. The van der Waals surface area contributed by atoms with Crippen LogP contribution >= 0.6 is 11.8 Å². The Labute approximate surface area is 95.6 Å². The van der Waals surface area contributed by atoms with E-state index in [0.717, 1.165) is 5.75 Å². The molecule has 0 saturated carbocycles. The number of hydrogen-bond acceptors (Lipinski definition) is 2. The van der Waals surface area contributed by atoms with Crippen LogP contribution in [-0.2, 0) is 10.5 Å². The number of benzene rings is 1. The van der Waals surface area contributed by atoms with Crippen LogP contribution in [0.4, 0.5) is 0 Å². The molecule has 0 saturated heterocycles. The molecule has 1 nitrogen and oxygen atoms in total. The maximum Gasteiger partial charge on any atom is 0.212 e. The SMILES string of the molecule is CC(C)/C=C/C(=O)SCc1ccccc1. The molecule has 80 valence electrons. The predicted octanol–water partition coefficient (Wildman–Crippen LogP) is 3.66. The number of thioether (sulfide) groups is 1. The number of allylic oxidation sites excluding steroid dienone is 1. The molecular weight excluding hydrogens is 204 g/mol. The molecule has 0 N–H and O–H groups in total. The highest BCUT2D eigenvalue weighted by molar-refractivity contribution is 8.13. The summed E-state index contributed by atoms with van der Waals surface area (Å²) in [5.41, 5.74) is 1.19. The fourth-order valence-corrected chi connectivity index (χ4v) is 1.72. The smallest absolute Gasteiger partial charge is 0.212 e. The maximum atomic E-state index is 11.4. The van der Waals surface area contributed by atoms with Gasteiger partial charge in [0.2, 0.25) is 5.12 Å². The van der Waals surface area contributed by atoms with Crippen molar-refractivity contribution >= 4 is 16.9 Å². The maximum absolute atomic E-state index is 11.4. The standard InChI is InChI=1S/C13H16OS/c1-11(2)8-9-13(14)15-10-12-6-4-3-5-7-12/h3-9,11H,10H2,1-2H3/b9-8+. The molecule has 0 bridgehead atoms. The Morgan fingerprint density at radius 2 is 2.00 bits per heavy atom. The largest absolute Gasteiger partial charge is 0.282 e. The summed E-state index contributed by atoms with van der Waals surface area (Å²) in [5.74, 6) is 1.19. The average molecular weight is 220 g/mol. The Kier molecular flexibility index (Phi) is 5.19. The van der Waals surface area contributed by atoms with Gasteiger partial charge >= 0.3 is 0 Å². The second-order valence-electron chi connectivity index (χ2n) is 3.70. The molecule has 1 rings (SSSR count). The van der Waals surface area contributed by atoms with Crippen LogP contribution in [0.25, 0.3) is 0 Å². The van der Waals surface area contributed by atoms with E-state index in [1.165, 1.54) is 17.3 Å². The molecule has 0 atom stereocenters. The Bertz CT molecular complexity index is 328. The fourth-order valence-electron chi connectivity index (χ4n) is 1.05. The molecule has 2 heteroatoms. The molecule has 0 fully saturated rings. The first-order valence-electron chi connectivity index (χ1n) is 5.07. The van der Waals surface area contributed by atoms with Crippen molar-refractivity contribution in [1.29, 1.82) is 0 Å². The lowest BCUT2D eigenvalue weighted by molar-refractivity contribution is -0.107. The van der Waals surface area contributed by atoms with Crippen LogP contribution in [0.5, 0.6) is 0 Å². The topological polar surface area (TPSA) is 17.1 Å². The third-order valence-electron chi connectivity index (χ3n) is 1.84. The number of carbonyl (C=O) groups excluding carboxylic acids is 1. The van der Waals surface area contributed by atoms with Gasteiger partial charge in [0.15, 0.2) is 0 Å². The Balaban J connectivity index is 2.35. The second-order valence-corrected chi connectivity index (χ2v) is 4.68. The van der Waals surface area contributed by atoms with E-state index in [0.29, 0.717) is 5.92 Å². The summed E-state index contributed by atoms with van der Waals surface area (Å²) >= 11 is 1.35. The van der Waals surface area contributed by atoms with E-state index in [2.05, 4.69) is 13.8 Å². The van der Waals surface area contributed by atoms with Crippen molar-refractivity contribution in [3.8, 4) is 0 Å². The summed E-state index contributed by atoms with van der Waals surface area (Å²) in [6, 6.07) is 10.0. The number of carbonyl (C=O) groups is 1. The molecule has 0 radical (unpaired) electrons. The highest BCUT2D eigenvalue weighted by atomic mass is 32.2. The minimum absolute atomic E-state index is 0.132. The first-order valence-corrected chi connectivity index (χ1v) is 6.06. The zero-order valence-corrected chi connectivity index (χ0v) is 9.96. The summed E-state index contributed by atoms with van der Waals surface area (Å²) in [7, 11) is 0. The Morgan fingerprint density at radius 1 is 1.33 bits per heavy atom. The molecular formula is C13H16OS. The normalized spacial score (nSPS) is 11.1. The van der Waals surface area contributed by atoms with Gasteiger partial charge in [-0.15, -0.1) is 0 Å². The summed E-state index contributed by atoms with van der Waals surface area (Å²) in [6.07, 6.45) is 3.60. The Hall–Kier alpha value is -1.02. The van der Waals surface area contributed by atoms with Gasteiger partial charge < -0.3 is 0 Å². The fraction of sp³-hybridized carbons (Fsp3) is 0.308. The van der Waals surface area contributed by atoms with Gasteiger partial charge in [-0.25, -0.2) is 0 Å². The summed E-state index contributed by atoms with van der Waals surface area (Å²) < 4.78 is 0. The highest BCUT2D eigenvalue weighted by Crippen LogP contribution is 2.13. The van der Waals surface area contributed by atoms with Crippen molar-refractivity contribution in [3.05, 3.63) is 48.0 Å². The van der Waals surface area contributed by atoms with Crippen molar-refractivity contribution in [3.63, 3.8) is 0 Å². The third kappa shape index (κ3) is 5.43. The van der Waals surface area contributed by atoms with E-state index < -0.39 is 0 Å². The van der Waals surface area contributed by atoms with Crippen LogP contribution in [0.3, 0.4) is 0 Å². The monoisotopic (exact) mass is 220 g/mol. The zero-order valence-electron chi connectivity index (χ0n) is 9.14. The van der Waals surface area contributed by atoms with Crippen LogP contribution in [-0.4, -0.2) is 5.12 Å². The van der Waals surface area contributed by atoms with Crippen molar-refractivity contribution in [1.82, 2.24) is 0 Å². The number of rotatable bonds is 4. The van der Waals surface area contributed by atoms with Gasteiger partial charge in [-0.2, -0.15) is 0 Å². The quantitative estimate of drug-likeness (QED) is 0.720. The number of hydrogen-bond donors (Lipinski definition) is 0. The van der Waals surface area contributed by atoms with Gasteiger partial charge in [0, 0.05) is 5.75 Å². The minimum atomic E-state index is 0.132. The van der Waals surface area contributed by atoms with E-state index in [-0.39, 0.29) is 5.12 Å². The molecule has 15 heavy (non-hydrogen) atoms. The van der Waals surface area contributed by atoms with Crippen molar-refractivity contribution in [2.24, 2.45) is 5.92 Å². The van der Waals surface area contributed by atoms with Crippen LogP contribution in [0.2, 0.25) is 0 Å². The summed E-state index contributed by atoms with van der Waals surface area (Å²) in [5, 5.41) is 0.132. The predicted molar refractivity (Wildman–Crippen MR) is 66.7 cm³/mol.